The third-order valence-corrected chi connectivity index (χ3v) is 2.98. The van der Waals surface area contributed by atoms with Gasteiger partial charge in [-0.25, -0.2) is 0 Å². The number of nitrogens with one attached hydrogen (secondary N) is 1. The van der Waals surface area contributed by atoms with Gasteiger partial charge in [0.05, 0.1) is 12.1 Å². The van der Waals surface area contributed by atoms with Crippen LogP contribution in [0.5, 0.6) is 5.75 Å². The standard InChI is InChI=1S/C13H15NO4/c1-7(5-12(15)16)9-3-4-11-10(6-9)14-13(17)8(2)18-11/h3-4,6-8H,5H2,1-2H3,(H,14,17)(H,15,16). The van der Waals surface area contributed by atoms with Gasteiger partial charge < -0.3 is 15.2 Å². The average molecular weight is 249 g/mol. The minimum absolute atomic E-state index is 0.0595. The zero-order chi connectivity index (χ0) is 13.3. The number of aliphatic carboxylic acids is 1. The lowest BCUT2D eigenvalue weighted by Crippen LogP contribution is -2.34. The van der Waals surface area contributed by atoms with Crippen molar-refractivity contribution in [3.63, 3.8) is 0 Å². The first-order chi connectivity index (χ1) is 8.47. The fraction of sp³-hybridized carbons (Fsp3) is 0.385. The summed E-state index contributed by atoms with van der Waals surface area (Å²) in [7, 11) is 0. The minimum Gasteiger partial charge on any atom is -0.481 e. The zero-order valence-corrected chi connectivity index (χ0v) is 10.3. The van der Waals surface area contributed by atoms with Gasteiger partial charge in [-0.2, -0.15) is 0 Å². The van der Waals surface area contributed by atoms with Crippen molar-refractivity contribution in [1.82, 2.24) is 0 Å². The molecule has 1 amide bonds. The number of carbonyl (C=O) groups excluding carboxylic acids is 1. The molecular formula is C13H15NO4. The van der Waals surface area contributed by atoms with Crippen LogP contribution in [0.1, 0.15) is 31.7 Å². The van der Waals surface area contributed by atoms with E-state index in [9.17, 15) is 9.59 Å². The van der Waals surface area contributed by atoms with Crippen molar-refractivity contribution in [2.45, 2.75) is 32.3 Å². The highest BCUT2D eigenvalue weighted by Gasteiger charge is 2.24. The summed E-state index contributed by atoms with van der Waals surface area (Å²) in [5.74, 6) is -0.517. The maximum absolute atomic E-state index is 11.5. The van der Waals surface area contributed by atoms with E-state index >= 15 is 0 Å². The number of anilines is 1. The molecule has 5 heteroatoms. The van der Waals surface area contributed by atoms with E-state index in [0.717, 1.165) is 5.56 Å². The molecule has 0 fully saturated rings. The Labute approximate surface area is 105 Å². The molecule has 0 bridgehead atoms. The van der Waals surface area contributed by atoms with Gasteiger partial charge in [-0.1, -0.05) is 13.0 Å². The Hall–Kier alpha value is -2.04. The fourth-order valence-electron chi connectivity index (χ4n) is 1.91. The number of benzene rings is 1. The van der Waals surface area contributed by atoms with Crippen LogP contribution in [0.3, 0.4) is 0 Å². The molecule has 2 unspecified atom stereocenters. The Morgan fingerprint density at radius 2 is 2.28 bits per heavy atom. The van der Waals surface area contributed by atoms with Gasteiger partial charge in [-0.05, 0) is 30.5 Å². The molecule has 0 aromatic heterocycles. The second kappa shape index (κ2) is 4.68. The van der Waals surface area contributed by atoms with Crippen molar-refractivity contribution in [1.29, 1.82) is 0 Å². The van der Waals surface area contributed by atoms with Crippen LogP contribution >= 0.6 is 0 Å². The first-order valence-corrected chi connectivity index (χ1v) is 5.80. The van der Waals surface area contributed by atoms with E-state index in [1.165, 1.54) is 0 Å². The van der Waals surface area contributed by atoms with E-state index in [0.29, 0.717) is 11.4 Å². The molecule has 2 atom stereocenters. The van der Waals surface area contributed by atoms with Crippen molar-refractivity contribution >= 4 is 17.6 Å². The molecule has 1 aromatic carbocycles. The van der Waals surface area contributed by atoms with Gasteiger partial charge in [0.15, 0.2) is 6.10 Å². The molecule has 96 valence electrons. The van der Waals surface area contributed by atoms with Gasteiger partial charge in [0.25, 0.3) is 5.91 Å². The van der Waals surface area contributed by atoms with Crippen molar-refractivity contribution in [3.8, 4) is 5.75 Å². The van der Waals surface area contributed by atoms with Crippen molar-refractivity contribution in [3.05, 3.63) is 23.8 Å². The first kappa shape index (κ1) is 12.4. The number of fused-ring (bicyclic) bond motifs is 1. The number of carboxylic acids is 1. The minimum atomic E-state index is -0.839. The predicted molar refractivity (Wildman–Crippen MR) is 65.8 cm³/mol. The van der Waals surface area contributed by atoms with E-state index in [4.69, 9.17) is 9.84 Å². The largest absolute Gasteiger partial charge is 0.481 e. The second-order valence-electron chi connectivity index (χ2n) is 4.50. The third-order valence-electron chi connectivity index (χ3n) is 2.98. The Morgan fingerprint density at radius 3 is 2.94 bits per heavy atom. The van der Waals surface area contributed by atoms with E-state index in [-0.39, 0.29) is 18.2 Å². The Morgan fingerprint density at radius 1 is 1.56 bits per heavy atom. The van der Waals surface area contributed by atoms with E-state index in [2.05, 4.69) is 5.32 Å². The number of amides is 1. The summed E-state index contributed by atoms with van der Waals surface area (Å²) in [6.07, 6.45) is -0.441. The van der Waals surface area contributed by atoms with Crippen molar-refractivity contribution in [2.75, 3.05) is 5.32 Å². The quantitative estimate of drug-likeness (QED) is 0.858. The lowest BCUT2D eigenvalue weighted by molar-refractivity contribution is -0.137. The van der Waals surface area contributed by atoms with Gasteiger partial charge in [-0.3, -0.25) is 9.59 Å². The zero-order valence-electron chi connectivity index (χ0n) is 10.3. The Bertz CT molecular complexity index is 498. The maximum Gasteiger partial charge on any atom is 0.303 e. The van der Waals surface area contributed by atoms with Crippen LogP contribution in [0, 0.1) is 0 Å². The number of carboxylic acid groups (broad SMARTS) is 1. The molecule has 1 aliphatic heterocycles. The monoisotopic (exact) mass is 249 g/mol. The summed E-state index contributed by atoms with van der Waals surface area (Å²) >= 11 is 0. The Balaban J connectivity index is 2.24. The number of hydrogen-bond donors (Lipinski definition) is 2. The Kier molecular flexibility index (Phi) is 3.23. The number of hydrogen-bond acceptors (Lipinski definition) is 3. The molecule has 18 heavy (non-hydrogen) atoms. The predicted octanol–water partition coefficient (Wildman–Crippen LogP) is 1.98. The molecule has 0 radical (unpaired) electrons. The van der Waals surface area contributed by atoms with Crippen LogP contribution in [0.25, 0.3) is 0 Å². The highest BCUT2D eigenvalue weighted by atomic mass is 16.5. The smallest absolute Gasteiger partial charge is 0.303 e. The van der Waals surface area contributed by atoms with E-state index in [1.807, 2.05) is 13.0 Å². The summed E-state index contributed by atoms with van der Waals surface area (Å²) in [5.41, 5.74) is 1.47. The van der Waals surface area contributed by atoms with Gasteiger partial charge in [0.1, 0.15) is 5.75 Å². The van der Waals surface area contributed by atoms with Crippen LogP contribution in [-0.2, 0) is 9.59 Å². The van der Waals surface area contributed by atoms with E-state index in [1.54, 1.807) is 19.1 Å². The van der Waals surface area contributed by atoms with E-state index < -0.39 is 12.1 Å². The summed E-state index contributed by atoms with van der Waals surface area (Å²) in [4.78, 5) is 22.2. The number of rotatable bonds is 3. The molecular weight excluding hydrogens is 234 g/mol. The topological polar surface area (TPSA) is 75.6 Å². The van der Waals surface area contributed by atoms with Crippen LogP contribution in [0.2, 0.25) is 0 Å². The molecule has 1 heterocycles. The highest BCUT2D eigenvalue weighted by molar-refractivity contribution is 5.97. The van der Waals surface area contributed by atoms with Crippen LogP contribution in [-0.4, -0.2) is 23.1 Å². The summed E-state index contributed by atoms with van der Waals surface area (Å²) < 4.78 is 5.43. The normalized spacial score (nSPS) is 19.4. The number of ether oxygens (including phenoxy) is 1. The lowest BCUT2D eigenvalue weighted by Gasteiger charge is -2.24. The van der Waals surface area contributed by atoms with Gasteiger partial charge >= 0.3 is 5.97 Å². The molecule has 0 saturated heterocycles. The SMILES string of the molecule is CC1Oc2ccc(C(C)CC(=O)O)cc2NC1=O. The van der Waals surface area contributed by atoms with Crippen molar-refractivity contribution in [2.24, 2.45) is 0 Å². The first-order valence-electron chi connectivity index (χ1n) is 5.80. The van der Waals surface area contributed by atoms with Gasteiger partial charge in [0, 0.05) is 0 Å². The van der Waals surface area contributed by atoms with Crippen LogP contribution < -0.4 is 10.1 Å². The van der Waals surface area contributed by atoms with Crippen molar-refractivity contribution < 1.29 is 19.4 Å². The summed E-state index contributed by atoms with van der Waals surface area (Å²) in [5, 5.41) is 11.5. The molecule has 1 aromatic rings. The fourth-order valence-corrected chi connectivity index (χ4v) is 1.91. The molecule has 0 spiro atoms. The average Bonchev–Trinajstić information content (AvgIpc) is 2.29. The molecule has 0 saturated carbocycles. The maximum atomic E-state index is 11.5. The molecule has 2 rings (SSSR count). The molecule has 1 aliphatic rings. The number of carbonyl (C=O) groups is 2. The molecule has 0 aliphatic carbocycles. The molecule has 2 N–H and O–H groups in total. The lowest BCUT2D eigenvalue weighted by atomic mass is 9.97. The summed E-state index contributed by atoms with van der Waals surface area (Å²) in [6, 6.07) is 5.36. The van der Waals surface area contributed by atoms with Gasteiger partial charge in [0.2, 0.25) is 0 Å². The van der Waals surface area contributed by atoms with Crippen LogP contribution in [0.4, 0.5) is 5.69 Å². The second-order valence-corrected chi connectivity index (χ2v) is 4.50. The van der Waals surface area contributed by atoms with Gasteiger partial charge in [-0.15, -0.1) is 0 Å². The molecule has 5 nitrogen and oxygen atoms in total. The summed E-state index contributed by atoms with van der Waals surface area (Å²) in [6.45, 7) is 3.52. The highest BCUT2D eigenvalue weighted by Crippen LogP contribution is 2.33. The third kappa shape index (κ3) is 2.45. The van der Waals surface area contributed by atoms with Crippen LogP contribution in [0.15, 0.2) is 18.2 Å².